The first-order valence-electron chi connectivity index (χ1n) is 4.73. The summed E-state index contributed by atoms with van der Waals surface area (Å²) < 4.78 is 14.8. The minimum atomic E-state index is -0.373. The first-order chi connectivity index (χ1) is 7.59. The number of nitrogens with two attached hydrogens (primary N) is 1. The van der Waals surface area contributed by atoms with Crippen molar-refractivity contribution in [2.75, 3.05) is 7.05 Å². The van der Waals surface area contributed by atoms with E-state index in [2.05, 4.69) is 5.32 Å². The van der Waals surface area contributed by atoms with Crippen LogP contribution in [0.3, 0.4) is 0 Å². The summed E-state index contributed by atoms with van der Waals surface area (Å²) in [6, 6.07) is 6.23. The van der Waals surface area contributed by atoms with Gasteiger partial charge in [0.25, 0.3) is 0 Å². The molecule has 0 bridgehead atoms. The van der Waals surface area contributed by atoms with Gasteiger partial charge >= 0.3 is 11.9 Å². The van der Waals surface area contributed by atoms with Gasteiger partial charge < -0.3 is 0 Å². The van der Waals surface area contributed by atoms with E-state index in [4.69, 9.17) is 5.73 Å². The Hall–Kier alpha value is -2.17. The molecule has 2 rings (SSSR count). The van der Waals surface area contributed by atoms with E-state index in [1.165, 1.54) is 16.7 Å². The number of carbonyl (C=O) groups excluding carboxylic acids is 1. The van der Waals surface area contributed by atoms with Gasteiger partial charge in [-0.3, -0.25) is 5.73 Å². The molecular formula is C11H11FN3O+. The monoisotopic (exact) mass is 220 g/mol. The van der Waals surface area contributed by atoms with Gasteiger partial charge in [-0.2, -0.15) is 0 Å². The molecule has 0 atom stereocenters. The number of likely N-dealkylation sites (N-methyl/N-ethyl adjacent to an activating group) is 1. The number of halogens is 1. The predicted molar refractivity (Wildman–Crippen MR) is 57.9 cm³/mol. The maximum absolute atomic E-state index is 13.4. The normalized spacial score (nSPS) is 18.1. The van der Waals surface area contributed by atoms with E-state index in [-0.39, 0.29) is 17.7 Å². The Kier molecular flexibility index (Phi) is 2.44. The second kappa shape index (κ2) is 3.77. The topological polar surface area (TPSA) is 58.1 Å². The average Bonchev–Trinajstić information content (AvgIpc) is 2.48. The minimum Gasteiger partial charge on any atom is -0.290 e. The van der Waals surface area contributed by atoms with Crippen molar-refractivity contribution in [3.63, 3.8) is 0 Å². The molecule has 0 unspecified atom stereocenters. The highest BCUT2D eigenvalue weighted by Gasteiger charge is 2.29. The predicted octanol–water partition coefficient (Wildman–Crippen LogP) is 0.253. The molecule has 1 aromatic carbocycles. The summed E-state index contributed by atoms with van der Waals surface area (Å²) in [5, 5.41) is 2.45. The van der Waals surface area contributed by atoms with Crippen molar-refractivity contribution in [2.45, 2.75) is 0 Å². The summed E-state index contributed by atoms with van der Waals surface area (Å²) in [4.78, 5) is 11.5. The van der Waals surface area contributed by atoms with E-state index in [0.717, 1.165) is 0 Å². The molecule has 0 aliphatic carbocycles. The van der Waals surface area contributed by atoms with Crippen LogP contribution in [0.2, 0.25) is 0 Å². The third-order valence-corrected chi connectivity index (χ3v) is 2.39. The molecule has 0 aromatic heterocycles. The van der Waals surface area contributed by atoms with Crippen molar-refractivity contribution in [1.82, 2.24) is 5.32 Å². The van der Waals surface area contributed by atoms with E-state index >= 15 is 0 Å². The first-order valence-corrected chi connectivity index (χ1v) is 4.73. The number of nitrogens with one attached hydrogen (secondary N) is 1. The first kappa shape index (κ1) is 10.4. The van der Waals surface area contributed by atoms with E-state index in [1.54, 1.807) is 25.2 Å². The van der Waals surface area contributed by atoms with E-state index in [9.17, 15) is 9.18 Å². The average molecular weight is 220 g/mol. The summed E-state index contributed by atoms with van der Waals surface area (Å²) in [5.41, 5.74) is 6.20. The lowest BCUT2D eigenvalue weighted by atomic mass is 10.2. The lowest BCUT2D eigenvalue weighted by molar-refractivity contribution is -0.432. The Morgan fingerprint density at radius 2 is 2.12 bits per heavy atom. The Labute approximate surface area is 91.9 Å². The highest BCUT2D eigenvalue weighted by atomic mass is 19.1. The molecule has 1 heterocycles. The van der Waals surface area contributed by atoms with Gasteiger partial charge in [-0.25, -0.2) is 19.1 Å². The van der Waals surface area contributed by atoms with Crippen LogP contribution in [0.5, 0.6) is 0 Å². The van der Waals surface area contributed by atoms with Gasteiger partial charge in [0.1, 0.15) is 5.82 Å². The second-order valence-electron chi connectivity index (χ2n) is 3.45. The van der Waals surface area contributed by atoms with Gasteiger partial charge in [0.15, 0.2) is 5.70 Å². The third-order valence-electron chi connectivity index (χ3n) is 2.39. The Balaban J connectivity index is 2.46. The van der Waals surface area contributed by atoms with Crippen LogP contribution in [0.4, 0.5) is 4.39 Å². The zero-order valence-corrected chi connectivity index (χ0v) is 8.70. The van der Waals surface area contributed by atoms with Crippen LogP contribution < -0.4 is 11.1 Å². The number of carbonyl (C=O) groups is 1. The van der Waals surface area contributed by atoms with E-state index in [0.29, 0.717) is 11.3 Å². The standard InChI is InChI=1S/C11H10FN3O/c1-15-9(10(16)14-11(15)13)6-7-4-2-3-5-8(7)12/h2-6H,1H3,(H2,13,14,16)/p+1. The zero-order chi connectivity index (χ0) is 11.7. The van der Waals surface area contributed by atoms with Crippen molar-refractivity contribution >= 4 is 17.9 Å². The molecule has 82 valence electrons. The lowest BCUT2D eigenvalue weighted by Gasteiger charge is -1.98. The maximum atomic E-state index is 13.4. The van der Waals surface area contributed by atoms with Crippen LogP contribution >= 0.6 is 0 Å². The van der Waals surface area contributed by atoms with Crippen molar-refractivity contribution in [1.29, 1.82) is 0 Å². The largest absolute Gasteiger partial charge is 0.356 e. The van der Waals surface area contributed by atoms with Gasteiger partial charge in [-0.1, -0.05) is 18.2 Å². The van der Waals surface area contributed by atoms with Crippen LogP contribution in [0.25, 0.3) is 6.08 Å². The van der Waals surface area contributed by atoms with Gasteiger partial charge in [0.05, 0.1) is 7.05 Å². The molecule has 5 heteroatoms. The molecule has 1 aromatic rings. The molecule has 0 fully saturated rings. The molecule has 1 aliphatic heterocycles. The Morgan fingerprint density at radius 1 is 1.44 bits per heavy atom. The van der Waals surface area contributed by atoms with Crippen LogP contribution in [-0.2, 0) is 4.79 Å². The molecule has 1 amide bonds. The fourth-order valence-electron chi connectivity index (χ4n) is 1.45. The Morgan fingerprint density at radius 3 is 2.69 bits per heavy atom. The highest BCUT2D eigenvalue weighted by Crippen LogP contribution is 2.13. The van der Waals surface area contributed by atoms with Crippen LogP contribution in [0.1, 0.15) is 5.56 Å². The number of hydrogen-bond acceptors (Lipinski definition) is 2. The molecule has 0 saturated heterocycles. The second-order valence-corrected chi connectivity index (χ2v) is 3.45. The summed E-state index contributed by atoms with van der Waals surface area (Å²) >= 11 is 0. The number of hydrogen-bond donors (Lipinski definition) is 2. The lowest BCUT2D eigenvalue weighted by Crippen LogP contribution is -2.32. The quantitative estimate of drug-likeness (QED) is 0.526. The fourth-order valence-corrected chi connectivity index (χ4v) is 1.45. The number of nitrogens with zero attached hydrogens (tertiary/aromatic N) is 1. The number of amides is 1. The van der Waals surface area contributed by atoms with Crippen molar-refractivity contribution in [3.05, 3.63) is 41.3 Å². The van der Waals surface area contributed by atoms with Gasteiger partial charge in [0, 0.05) is 5.56 Å². The van der Waals surface area contributed by atoms with Crippen molar-refractivity contribution in [3.8, 4) is 0 Å². The maximum Gasteiger partial charge on any atom is 0.356 e. The molecule has 3 N–H and O–H groups in total. The Bertz CT molecular complexity index is 520. The summed E-state index contributed by atoms with van der Waals surface area (Å²) in [6.07, 6.45) is 1.46. The molecule has 0 spiro atoms. The third kappa shape index (κ3) is 1.67. The SMILES string of the molecule is C[N+]1=C(N)NC(=O)C1=Cc1ccccc1F. The number of rotatable bonds is 1. The molecular weight excluding hydrogens is 209 g/mol. The minimum absolute atomic E-state index is 0.243. The molecule has 1 aliphatic rings. The molecule has 16 heavy (non-hydrogen) atoms. The van der Waals surface area contributed by atoms with Crippen LogP contribution in [0.15, 0.2) is 30.0 Å². The smallest absolute Gasteiger partial charge is 0.290 e. The molecule has 0 saturated carbocycles. The van der Waals surface area contributed by atoms with Crippen molar-refractivity contribution < 1.29 is 13.8 Å². The zero-order valence-electron chi connectivity index (χ0n) is 8.70. The van der Waals surface area contributed by atoms with E-state index < -0.39 is 0 Å². The van der Waals surface area contributed by atoms with Crippen molar-refractivity contribution in [2.24, 2.45) is 5.73 Å². The summed E-state index contributed by atoms with van der Waals surface area (Å²) in [7, 11) is 1.64. The van der Waals surface area contributed by atoms with Gasteiger partial charge in [0.2, 0.25) is 0 Å². The highest BCUT2D eigenvalue weighted by molar-refractivity contribution is 6.08. The summed E-state index contributed by atoms with van der Waals surface area (Å²) in [6.45, 7) is 0. The van der Waals surface area contributed by atoms with Gasteiger partial charge in [-0.15, -0.1) is 0 Å². The van der Waals surface area contributed by atoms with Crippen LogP contribution in [0, 0.1) is 5.82 Å². The molecule has 0 radical (unpaired) electrons. The number of guanidine groups is 1. The fraction of sp³-hybridized carbons (Fsp3) is 0.0909. The van der Waals surface area contributed by atoms with E-state index in [1.807, 2.05) is 0 Å². The summed E-state index contributed by atoms with van der Waals surface area (Å²) in [5.74, 6) is -0.461. The molecule has 4 nitrogen and oxygen atoms in total. The number of benzene rings is 1. The van der Waals surface area contributed by atoms with Gasteiger partial charge in [-0.05, 0) is 12.1 Å². The van der Waals surface area contributed by atoms with Crippen LogP contribution in [-0.4, -0.2) is 23.5 Å².